The van der Waals surface area contributed by atoms with E-state index in [1.807, 2.05) is 23.3 Å². The molecule has 1 aromatic heterocycles. The summed E-state index contributed by atoms with van der Waals surface area (Å²) in [7, 11) is 0. The van der Waals surface area contributed by atoms with Crippen molar-refractivity contribution in [3.8, 4) is 0 Å². The molecule has 1 fully saturated rings. The number of amides is 2. The van der Waals surface area contributed by atoms with Crippen LogP contribution in [0.5, 0.6) is 0 Å². The normalized spacial score (nSPS) is 16.0. The molecular weight excluding hydrogens is 282 g/mol. The van der Waals surface area contributed by atoms with Gasteiger partial charge in [-0.1, -0.05) is 13.8 Å². The van der Waals surface area contributed by atoms with E-state index in [4.69, 9.17) is 0 Å². The van der Waals surface area contributed by atoms with Crippen LogP contribution in [-0.4, -0.2) is 51.1 Å². The summed E-state index contributed by atoms with van der Waals surface area (Å²) in [6.45, 7) is 6.72. The van der Waals surface area contributed by atoms with Crippen LogP contribution in [0.1, 0.15) is 33.1 Å². The first kappa shape index (κ1) is 16.5. The summed E-state index contributed by atoms with van der Waals surface area (Å²) in [6.07, 6.45) is 5.36. The lowest BCUT2D eigenvalue weighted by atomic mass is 9.95. The highest BCUT2D eigenvalue weighted by Crippen LogP contribution is 2.18. The number of nitrogens with one attached hydrogen (secondary N) is 1. The van der Waals surface area contributed by atoms with Gasteiger partial charge in [-0.25, -0.2) is 0 Å². The van der Waals surface area contributed by atoms with Crippen LogP contribution in [0.25, 0.3) is 0 Å². The lowest BCUT2D eigenvalue weighted by molar-refractivity contribution is -0.136. The number of hydrogen-bond donors (Lipinski definition) is 1. The zero-order valence-corrected chi connectivity index (χ0v) is 13.4. The topological polar surface area (TPSA) is 80.1 Å². The van der Waals surface area contributed by atoms with Crippen LogP contribution >= 0.6 is 0 Å². The van der Waals surface area contributed by atoms with E-state index in [2.05, 4.69) is 15.5 Å². The molecule has 0 spiro atoms. The average molecular weight is 307 g/mol. The predicted molar refractivity (Wildman–Crippen MR) is 81.8 cm³/mol. The predicted octanol–water partition coefficient (Wildman–Crippen LogP) is 0.679. The third-order valence-electron chi connectivity index (χ3n) is 3.94. The van der Waals surface area contributed by atoms with Crippen LogP contribution in [-0.2, 0) is 16.1 Å². The fraction of sp³-hybridized carbons (Fsp3) is 0.733. The second kappa shape index (κ2) is 7.91. The van der Waals surface area contributed by atoms with Crippen molar-refractivity contribution in [2.24, 2.45) is 11.8 Å². The van der Waals surface area contributed by atoms with Crippen LogP contribution in [0.2, 0.25) is 0 Å². The molecule has 0 atom stereocenters. The number of carbonyl (C=O) groups excluding carboxylic acids is 2. The maximum atomic E-state index is 12.1. The molecule has 2 heterocycles. The highest BCUT2D eigenvalue weighted by Gasteiger charge is 2.27. The smallest absolute Gasteiger partial charge is 0.223 e. The molecule has 1 aromatic rings. The molecule has 7 nitrogen and oxygen atoms in total. The minimum absolute atomic E-state index is 0.0176. The van der Waals surface area contributed by atoms with Crippen LogP contribution in [0.15, 0.2) is 12.7 Å². The molecule has 2 amide bonds. The molecule has 1 aliphatic heterocycles. The maximum absolute atomic E-state index is 12.1. The lowest BCUT2D eigenvalue weighted by Gasteiger charge is -2.31. The van der Waals surface area contributed by atoms with E-state index in [0.717, 1.165) is 12.8 Å². The summed E-state index contributed by atoms with van der Waals surface area (Å²) in [6, 6.07) is 0. The van der Waals surface area contributed by atoms with E-state index >= 15 is 0 Å². The quantitative estimate of drug-likeness (QED) is 0.838. The van der Waals surface area contributed by atoms with Gasteiger partial charge in [-0.05, 0) is 18.8 Å². The Bertz CT molecular complexity index is 478. The summed E-state index contributed by atoms with van der Waals surface area (Å²) in [4.78, 5) is 26.0. The Morgan fingerprint density at radius 1 is 1.23 bits per heavy atom. The first-order valence-corrected chi connectivity index (χ1v) is 7.94. The zero-order chi connectivity index (χ0) is 15.9. The monoisotopic (exact) mass is 307 g/mol. The Labute approximate surface area is 131 Å². The first-order chi connectivity index (χ1) is 10.6. The number of rotatable bonds is 6. The van der Waals surface area contributed by atoms with E-state index in [1.54, 1.807) is 12.7 Å². The van der Waals surface area contributed by atoms with Gasteiger partial charge in [-0.3, -0.25) is 9.59 Å². The SMILES string of the molecule is CC(C)CC(=O)N1CCC(C(=O)NCCn2cnnc2)CC1. The standard InChI is InChI=1S/C15H25N5O2/c1-12(2)9-14(21)20-6-3-13(4-7-20)15(22)16-5-8-19-10-17-18-11-19/h10-13H,3-9H2,1-2H3,(H,16,22). The number of hydrogen-bond acceptors (Lipinski definition) is 4. The molecule has 0 bridgehead atoms. The van der Waals surface area contributed by atoms with Crippen LogP contribution < -0.4 is 5.32 Å². The molecule has 0 unspecified atom stereocenters. The number of piperidine rings is 1. The van der Waals surface area contributed by atoms with Gasteiger partial charge in [0.15, 0.2) is 0 Å². The number of aromatic nitrogens is 3. The van der Waals surface area contributed by atoms with Crippen molar-refractivity contribution >= 4 is 11.8 Å². The van der Waals surface area contributed by atoms with Gasteiger partial charge in [-0.15, -0.1) is 10.2 Å². The molecule has 7 heteroatoms. The lowest BCUT2D eigenvalue weighted by Crippen LogP contribution is -2.43. The van der Waals surface area contributed by atoms with Crippen molar-refractivity contribution in [3.63, 3.8) is 0 Å². The van der Waals surface area contributed by atoms with Gasteiger partial charge < -0.3 is 14.8 Å². The molecule has 122 valence electrons. The van der Waals surface area contributed by atoms with E-state index in [0.29, 0.717) is 38.5 Å². The highest BCUT2D eigenvalue weighted by atomic mass is 16.2. The molecule has 1 N–H and O–H groups in total. The summed E-state index contributed by atoms with van der Waals surface area (Å²) in [5.41, 5.74) is 0. The van der Waals surface area contributed by atoms with E-state index in [-0.39, 0.29) is 17.7 Å². The summed E-state index contributed by atoms with van der Waals surface area (Å²) in [5.74, 6) is 0.695. The molecule has 2 rings (SSSR count). The van der Waals surface area contributed by atoms with Crippen molar-refractivity contribution in [1.29, 1.82) is 0 Å². The van der Waals surface area contributed by atoms with Gasteiger partial charge in [0.1, 0.15) is 12.7 Å². The molecule has 1 aliphatic rings. The second-order valence-corrected chi connectivity index (χ2v) is 6.24. The minimum atomic E-state index is 0.0176. The Hall–Kier alpha value is -1.92. The molecule has 0 aliphatic carbocycles. The third-order valence-corrected chi connectivity index (χ3v) is 3.94. The molecular formula is C15H25N5O2. The zero-order valence-electron chi connectivity index (χ0n) is 13.4. The molecule has 22 heavy (non-hydrogen) atoms. The summed E-state index contributed by atoms with van der Waals surface area (Å²) >= 11 is 0. The van der Waals surface area contributed by atoms with E-state index < -0.39 is 0 Å². The molecule has 0 saturated carbocycles. The largest absolute Gasteiger partial charge is 0.354 e. The number of likely N-dealkylation sites (tertiary alicyclic amines) is 1. The van der Waals surface area contributed by atoms with Gasteiger partial charge in [0.25, 0.3) is 0 Å². The summed E-state index contributed by atoms with van der Waals surface area (Å²) in [5, 5.41) is 10.4. The Balaban J connectivity index is 1.67. The highest BCUT2D eigenvalue weighted by molar-refractivity contribution is 5.80. The van der Waals surface area contributed by atoms with Crippen molar-refractivity contribution in [1.82, 2.24) is 25.0 Å². The van der Waals surface area contributed by atoms with Crippen molar-refractivity contribution in [2.45, 2.75) is 39.7 Å². The van der Waals surface area contributed by atoms with E-state index in [1.165, 1.54) is 0 Å². The molecule has 0 radical (unpaired) electrons. The maximum Gasteiger partial charge on any atom is 0.223 e. The molecule has 0 aromatic carbocycles. The Morgan fingerprint density at radius 3 is 2.45 bits per heavy atom. The second-order valence-electron chi connectivity index (χ2n) is 6.24. The van der Waals surface area contributed by atoms with Crippen molar-refractivity contribution in [2.75, 3.05) is 19.6 Å². The number of nitrogens with zero attached hydrogens (tertiary/aromatic N) is 4. The minimum Gasteiger partial charge on any atom is -0.354 e. The average Bonchev–Trinajstić information content (AvgIpc) is 3.00. The fourth-order valence-electron chi connectivity index (χ4n) is 2.66. The van der Waals surface area contributed by atoms with Gasteiger partial charge in [0.2, 0.25) is 11.8 Å². The van der Waals surface area contributed by atoms with Crippen LogP contribution in [0, 0.1) is 11.8 Å². The molecule has 1 saturated heterocycles. The third kappa shape index (κ3) is 4.82. The van der Waals surface area contributed by atoms with Gasteiger partial charge >= 0.3 is 0 Å². The number of carbonyl (C=O) groups is 2. The first-order valence-electron chi connectivity index (χ1n) is 7.94. The fourth-order valence-corrected chi connectivity index (χ4v) is 2.66. The van der Waals surface area contributed by atoms with Gasteiger partial charge in [0.05, 0.1) is 0 Å². The van der Waals surface area contributed by atoms with Gasteiger partial charge in [0, 0.05) is 38.5 Å². The Morgan fingerprint density at radius 2 is 1.86 bits per heavy atom. The van der Waals surface area contributed by atoms with Crippen LogP contribution in [0.4, 0.5) is 0 Å². The van der Waals surface area contributed by atoms with E-state index in [9.17, 15) is 9.59 Å². The van der Waals surface area contributed by atoms with Crippen LogP contribution in [0.3, 0.4) is 0 Å². The summed E-state index contributed by atoms with van der Waals surface area (Å²) < 4.78 is 1.83. The Kier molecular flexibility index (Phi) is 5.91. The van der Waals surface area contributed by atoms with Gasteiger partial charge in [-0.2, -0.15) is 0 Å². The van der Waals surface area contributed by atoms with Crippen molar-refractivity contribution < 1.29 is 9.59 Å². The van der Waals surface area contributed by atoms with Crippen molar-refractivity contribution in [3.05, 3.63) is 12.7 Å².